The number of guanidine groups is 1. The summed E-state index contributed by atoms with van der Waals surface area (Å²) >= 11 is 0. The van der Waals surface area contributed by atoms with Crippen molar-refractivity contribution < 1.29 is 0 Å². The van der Waals surface area contributed by atoms with Gasteiger partial charge in [-0.1, -0.05) is 13.0 Å². The van der Waals surface area contributed by atoms with Gasteiger partial charge in [0.05, 0.1) is 0 Å². The van der Waals surface area contributed by atoms with Crippen LogP contribution in [0.2, 0.25) is 0 Å². The van der Waals surface area contributed by atoms with Gasteiger partial charge in [0.2, 0.25) is 0 Å². The summed E-state index contributed by atoms with van der Waals surface area (Å²) in [5, 5.41) is 7.64. The molecule has 1 aromatic rings. The number of hydrogen-bond donors (Lipinski definition) is 1. The minimum Gasteiger partial charge on any atom is -0.356 e. The third-order valence-electron chi connectivity index (χ3n) is 3.14. The Balaban J connectivity index is 0.00000400. The number of aliphatic imine (C=N–C) groups is 1. The van der Waals surface area contributed by atoms with Gasteiger partial charge in [0.25, 0.3) is 0 Å². The summed E-state index contributed by atoms with van der Waals surface area (Å²) in [5.74, 6) is 1.44. The van der Waals surface area contributed by atoms with Gasteiger partial charge < -0.3 is 10.2 Å². The Bertz CT molecular complexity index is 402. The normalized spacial score (nSPS) is 12.4. The van der Waals surface area contributed by atoms with Gasteiger partial charge in [0.15, 0.2) is 5.96 Å². The number of nitrogens with zero attached hydrogens (tertiary/aromatic N) is 4. The van der Waals surface area contributed by atoms with Crippen molar-refractivity contribution in [2.45, 2.75) is 26.3 Å². The van der Waals surface area contributed by atoms with Crippen molar-refractivity contribution in [2.75, 3.05) is 27.2 Å². The van der Waals surface area contributed by atoms with Crippen molar-refractivity contribution >= 4 is 29.9 Å². The van der Waals surface area contributed by atoms with Crippen molar-refractivity contribution in [1.29, 1.82) is 0 Å². The van der Waals surface area contributed by atoms with Crippen molar-refractivity contribution in [3.8, 4) is 0 Å². The van der Waals surface area contributed by atoms with Gasteiger partial charge in [-0.3, -0.25) is 9.67 Å². The fraction of sp³-hybridized carbons (Fsp3) is 0.600. The topological polar surface area (TPSA) is 45.5 Å². The first-order chi connectivity index (χ1) is 9.67. The molecule has 1 unspecified atom stereocenters. The van der Waals surface area contributed by atoms with E-state index in [9.17, 15) is 0 Å². The highest BCUT2D eigenvalue weighted by Gasteiger charge is 2.08. The average Bonchev–Trinajstić information content (AvgIpc) is 2.92. The van der Waals surface area contributed by atoms with E-state index < -0.39 is 0 Å². The largest absolute Gasteiger partial charge is 0.356 e. The van der Waals surface area contributed by atoms with Gasteiger partial charge in [0, 0.05) is 46.1 Å². The monoisotopic (exact) mass is 405 g/mol. The minimum absolute atomic E-state index is 0. The number of rotatable bonds is 8. The zero-order valence-corrected chi connectivity index (χ0v) is 15.7. The molecule has 1 rings (SSSR count). The van der Waals surface area contributed by atoms with Crippen LogP contribution in [0.4, 0.5) is 0 Å². The fourth-order valence-corrected chi connectivity index (χ4v) is 2.02. The number of allylic oxidation sites excluding steroid dienone is 1. The molecule has 120 valence electrons. The Morgan fingerprint density at radius 3 is 2.90 bits per heavy atom. The van der Waals surface area contributed by atoms with E-state index in [1.807, 2.05) is 36.3 Å². The Labute approximate surface area is 145 Å². The smallest absolute Gasteiger partial charge is 0.193 e. The van der Waals surface area contributed by atoms with Crippen molar-refractivity contribution in [2.24, 2.45) is 10.9 Å². The van der Waals surface area contributed by atoms with Crippen LogP contribution < -0.4 is 5.32 Å². The molecular weight excluding hydrogens is 377 g/mol. The van der Waals surface area contributed by atoms with Gasteiger partial charge >= 0.3 is 0 Å². The van der Waals surface area contributed by atoms with Gasteiger partial charge in [-0.05, 0) is 24.8 Å². The van der Waals surface area contributed by atoms with Crippen LogP contribution in [0.25, 0.3) is 0 Å². The molecule has 0 aromatic carbocycles. The molecule has 0 amide bonds. The number of aromatic nitrogens is 2. The first-order valence-corrected chi connectivity index (χ1v) is 7.17. The summed E-state index contributed by atoms with van der Waals surface area (Å²) in [7, 11) is 3.89. The van der Waals surface area contributed by atoms with Gasteiger partial charge in [-0.2, -0.15) is 5.10 Å². The molecule has 0 aliphatic carbocycles. The van der Waals surface area contributed by atoms with E-state index >= 15 is 0 Å². The lowest BCUT2D eigenvalue weighted by molar-refractivity contribution is 0.422. The maximum Gasteiger partial charge on any atom is 0.193 e. The van der Waals surface area contributed by atoms with Crippen LogP contribution in [0.1, 0.15) is 19.8 Å². The zero-order valence-electron chi connectivity index (χ0n) is 13.3. The van der Waals surface area contributed by atoms with Crippen LogP contribution in [0.15, 0.2) is 36.1 Å². The van der Waals surface area contributed by atoms with Crippen LogP contribution in [0.5, 0.6) is 0 Å². The molecule has 0 aliphatic rings. The molecule has 21 heavy (non-hydrogen) atoms. The van der Waals surface area contributed by atoms with Crippen LogP contribution >= 0.6 is 24.0 Å². The standard InChI is InChI=1S/C15H27N5.HI/c1-5-6-7-10-19(4)15(16-3)17-12-14(2)13-20-11-8-9-18-20;/h5,8-9,11,14H,1,6-7,10,12-13H2,2-4H3,(H,16,17);1H. The summed E-state index contributed by atoms with van der Waals surface area (Å²) in [5.41, 5.74) is 0. The third-order valence-corrected chi connectivity index (χ3v) is 3.14. The maximum atomic E-state index is 4.32. The summed E-state index contributed by atoms with van der Waals surface area (Å²) in [6.45, 7) is 8.74. The summed E-state index contributed by atoms with van der Waals surface area (Å²) in [6, 6.07) is 1.95. The molecule has 1 aromatic heterocycles. The molecule has 5 nitrogen and oxygen atoms in total. The van der Waals surface area contributed by atoms with Crippen molar-refractivity contribution in [3.63, 3.8) is 0 Å². The predicted molar refractivity (Wildman–Crippen MR) is 100 cm³/mol. The molecule has 0 saturated heterocycles. The van der Waals surface area contributed by atoms with Crippen LogP contribution in [0.3, 0.4) is 0 Å². The van der Waals surface area contributed by atoms with E-state index in [1.165, 1.54) is 0 Å². The Kier molecular flexibility index (Phi) is 11.0. The number of unbranched alkanes of at least 4 members (excludes halogenated alkanes) is 1. The maximum absolute atomic E-state index is 4.32. The molecule has 0 fully saturated rings. The number of hydrogen-bond acceptors (Lipinski definition) is 2. The predicted octanol–water partition coefficient (Wildman–Crippen LogP) is 2.61. The van der Waals surface area contributed by atoms with Crippen LogP contribution in [-0.2, 0) is 6.54 Å². The average molecular weight is 405 g/mol. The van der Waals surface area contributed by atoms with Gasteiger partial charge in [0.1, 0.15) is 0 Å². The Hall–Kier alpha value is -1.05. The Morgan fingerprint density at radius 1 is 1.57 bits per heavy atom. The first kappa shape index (κ1) is 19.9. The summed E-state index contributed by atoms with van der Waals surface area (Å²) in [6.07, 6.45) is 7.90. The SMILES string of the molecule is C=CCCCN(C)C(=NC)NCC(C)Cn1cccn1.I. The molecule has 1 heterocycles. The van der Waals surface area contributed by atoms with Crippen LogP contribution in [-0.4, -0.2) is 47.8 Å². The number of halogens is 1. The molecule has 0 bridgehead atoms. The summed E-state index contributed by atoms with van der Waals surface area (Å²) < 4.78 is 1.96. The molecule has 1 N–H and O–H groups in total. The van der Waals surface area contributed by atoms with E-state index in [0.29, 0.717) is 5.92 Å². The highest BCUT2D eigenvalue weighted by Crippen LogP contribution is 1.99. The van der Waals surface area contributed by atoms with Crippen molar-refractivity contribution in [1.82, 2.24) is 20.0 Å². The molecule has 1 atom stereocenters. The van der Waals surface area contributed by atoms with E-state index in [2.05, 4.69) is 40.9 Å². The minimum atomic E-state index is 0. The molecule has 0 spiro atoms. The third kappa shape index (κ3) is 8.08. The molecule has 0 aliphatic heterocycles. The lowest BCUT2D eigenvalue weighted by Crippen LogP contribution is -2.41. The molecule has 6 heteroatoms. The van der Waals surface area contributed by atoms with E-state index in [4.69, 9.17) is 0 Å². The molecular formula is C15H28IN5. The molecule has 0 radical (unpaired) electrons. The second-order valence-corrected chi connectivity index (χ2v) is 5.11. The summed E-state index contributed by atoms with van der Waals surface area (Å²) in [4.78, 5) is 6.48. The number of nitrogens with one attached hydrogen (secondary N) is 1. The second-order valence-electron chi connectivity index (χ2n) is 5.11. The van der Waals surface area contributed by atoms with Gasteiger partial charge in [-0.15, -0.1) is 30.6 Å². The van der Waals surface area contributed by atoms with Crippen molar-refractivity contribution in [3.05, 3.63) is 31.1 Å². The second kappa shape index (κ2) is 11.6. The highest BCUT2D eigenvalue weighted by molar-refractivity contribution is 14.0. The van der Waals surface area contributed by atoms with Crippen LogP contribution in [0, 0.1) is 5.92 Å². The fourth-order valence-electron chi connectivity index (χ4n) is 2.02. The quantitative estimate of drug-likeness (QED) is 0.238. The highest BCUT2D eigenvalue weighted by atomic mass is 127. The lowest BCUT2D eigenvalue weighted by atomic mass is 10.2. The van der Waals surface area contributed by atoms with E-state index in [0.717, 1.165) is 38.4 Å². The van der Waals surface area contributed by atoms with Gasteiger partial charge in [-0.25, -0.2) is 0 Å². The van der Waals surface area contributed by atoms with E-state index in [-0.39, 0.29) is 24.0 Å². The molecule has 0 saturated carbocycles. The first-order valence-electron chi connectivity index (χ1n) is 7.17. The Morgan fingerprint density at radius 2 is 2.33 bits per heavy atom. The zero-order chi connectivity index (χ0) is 14.8. The van der Waals surface area contributed by atoms with E-state index in [1.54, 1.807) is 0 Å². The lowest BCUT2D eigenvalue weighted by Gasteiger charge is -2.23.